The molecule has 2 N–H and O–H groups in total. The molecule has 1 heterocycles. The first-order chi connectivity index (χ1) is 6.77. The summed E-state index contributed by atoms with van der Waals surface area (Å²) >= 11 is 7.54. The van der Waals surface area contributed by atoms with E-state index in [0.717, 1.165) is 4.34 Å². The van der Waals surface area contributed by atoms with Gasteiger partial charge in [0.15, 0.2) is 0 Å². The van der Waals surface area contributed by atoms with Gasteiger partial charge in [-0.25, -0.2) is 0 Å². The first kappa shape index (κ1) is 13.3. The summed E-state index contributed by atoms with van der Waals surface area (Å²) in [6.07, 6.45) is 6.65. The van der Waals surface area contributed by atoms with Gasteiger partial charge >= 0.3 is 0 Å². The second-order valence-electron chi connectivity index (χ2n) is 4.07. The van der Waals surface area contributed by atoms with Crippen LogP contribution in [0.5, 0.6) is 0 Å². The molecule has 1 aliphatic carbocycles. The third-order valence-electron chi connectivity index (χ3n) is 3.08. The predicted molar refractivity (Wildman–Crippen MR) is 70.1 cm³/mol. The zero-order chi connectivity index (χ0) is 9.97. The molecule has 1 aliphatic rings. The van der Waals surface area contributed by atoms with Crippen LogP contribution in [0.15, 0.2) is 12.1 Å². The van der Waals surface area contributed by atoms with Crippen LogP contribution in [-0.4, -0.2) is 0 Å². The minimum Gasteiger partial charge on any atom is -0.323 e. The van der Waals surface area contributed by atoms with Gasteiger partial charge in [-0.05, 0) is 30.9 Å². The van der Waals surface area contributed by atoms with Crippen molar-refractivity contribution in [2.75, 3.05) is 0 Å². The first-order valence-corrected chi connectivity index (χ1v) is 6.47. The Kier molecular flexibility index (Phi) is 5.41. The molecule has 0 bridgehead atoms. The van der Waals surface area contributed by atoms with Crippen LogP contribution in [-0.2, 0) is 0 Å². The smallest absolute Gasteiger partial charge is 0.0931 e. The van der Waals surface area contributed by atoms with Gasteiger partial charge in [-0.1, -0.05) is 30.9 Å². The molecule has 0 spiro atoms. The topological polar surface area (TPSA) is 26.0 Å². The van der Waals surface area contributed by atoms with E-state index in [1.165, 1.54) is 37.0 Å². The molecule has 4 heteroatoms. The van der Waals surface area contributed by atoms with Crippen molar-refractivity contribution in [3.8, 4) is 0 Å². The second kappa shape index (κ2) is 6.09. The maximum absolute atomic E-state index is 6.23. The molecule has 0 aromatic carbocycles. The Balaban J connectivity index is 0.00000112. The molecule has 1 atom stereocenters. The maximum Gasteiger partial charge on any atom is 0.0931 e. The Hall–Kier alpha value is 0.240. The van der Waals surface area contributed by atoms with Crippen LogP contribution in [0.4, 0.5) is 0 Å². The summed E-state index contributed by atoms with van der Waals surface area (Å²) in [7, 11) is 0. The summed E-state index contributed by atoms with van der Waals surface area (Å²) in [5.74, 6) is 0.679. The summed E-state index contributed by atoms with van der Waals surface area (Å²) in [6, 6.07) is 4.24. The van der Waals surface area contributed by atoms with E-state index in [1.807, 2.05) is 6.07 Å². The molecule has 1 fully saturated rings. The van der Waals surface area contributed by atoms with E-state index in [9.17, 15) is 0 Å². The fourth-order valence-corrected chi connectivity index (χ4v) is 3.39. The number of rotatable bonds is 2. The highest BCUT2D eigenvalue weighted by Crippen LogP contribution is 2.36. The molecule has 0 saturated heterocycles. The SMILES string of the molecule is Cl.N[C@H](c1ccc(Cl)s1)C1CCCCC1. The van der Waals surface area contributed by atoms with Gasteiger partial charge in [0, 0.05) is 10.9 Å². The highest BCUT2D eigenvalue weighted by Gasteiger charge is 2.22. The van der Waals surface area contributed by atoms with E-state index in [4.69, 9.17) is 17.3 Å². The second-order valence-corrected chi connectivity index (χ2v) is 5.81. The standard InChI is InChI=1S/C11H16ClNS.ClH/c12-10-7-6-9(14-10)11(13)8-4-2-1-3-5-8;/h6-8,11H,1-5,13H2;1H/t11-;/m0./s1. The molecule has 1 aromatic rings. The van der Waals surface area contributed by atoms with Gasteiger partial charge in [-0.15, -0.1) is 23.7 Å². The van der Waals surface area contributed by atoms with Gasteiger partial charge in [0.25, 0.3) is 0 Å². The van der Waals surface area contributed by atoms with Crippen molar-refractivity contribution in [3.63, 3.8) is 0 Å². The number of thiophene rings is 1. The molecule has 0 aliphatic heterocycles. The van der Waals surface area contributed by atoms with Crippen molar-refractivity contribution in [2.45, 2.75) is 38.1 Å². The molecule has 2 rings (SSSR count). The van der Waals surface area contributed by atoms with Crippen molar-refractivity contribution >= 4 is 35.3 Å². The van der Waals surface area contributed by atoms with E-state index in [0.29, 0.717) is 5.92 Å². The van der Waals surface area contributed by atoms with E-state index in [-0.39, 0.29) is 18.4 Å². The fraction of sp³-hybridized carbons (Fsp3) is 0.636. The summed E-state index contributed by atoms with van der Waals surface area (Å²) in [5, 5.41) is 0. The molecular weight excluding hydrogens is 249 g/mol. The van der Waals surface area contributed by atoms with E-state index >= 15 is 0 Å². The number of hydrogen-bond acceptors (Lipinski definition) is 2. The number of hydrogen-bond donors (Lipinski definition) is 1. The lowest BCUT2D eigenvalue weighted by Crippen LogP contribution is -2.22. The number of nitrogens with two attached hydrogens (primary N) is 1. The molecule has 0 amide bonds. The zero-order valence-corrected chi connectivity index (χ0v) is 11.0. The first-order valence-electron chi connectivity index (χ1n) is 5.28. The summed E-state index contributed by atoms with van der Waals surface area (Å²) in [4.78, 5) is 1.25. The Morgan fingerprint density at radius 3 is 2.47 bits per heavy atom. The van der Waals surface area contributed by atoms with Crippen LogP contribution in [0.2, 0.25) is 4.34 Å². The van der Waals surface area contributed by atoms with Crippen LogP contribution >= 0.6 is 35.3 Å². The zero-order valence-electron chi connectivity index (χ0n) is 8.62. The van der Waals surface area contributed by atoms with Crippen molar-refractivity contribution in [1.29, 1.82) is 0 Å². The summed E-state index contributed by atoms with van der Waals surface area (Å²) in [5.41, 5.74) is 6.23. The van der Waals surface area contributed by atoms with E-state index in [2.05, 4.69) is 6.07 Å². The summed E-state index contributed by atoms with van der Waals surface area (Å²) < 4.78 is 0.853. The Morgan fingerprint density at radius 1 is 1.27 bits per heavy atom. The Labute approximate surface area is 106 Å². The fourth-order valence-electron chi connectivity index (χ4n) is 2.23. The van der Waals surface area contributed by atoms with Gasteiger partial charge in [0.1, 0.15) is 0 Å². The largest absolute Gasteiger partial charge is 0.323 e. The molecule has 1 saturated carbocycles. The van der Waals surface area contributed by atoms with Crippen LogP contribution in [0.3, 0.4) is 0 Å². The average Bonchev–Trinajstić information content (AvgIpc) is 2.65. The normalized spacial score (nSPS) is 19.6. The van der Waals surface area contributed by atoms with Crippen LogP contribution in [0, 0.1) is 5.92 Å². The Bertz CT molecular complexity index is 295. The van der Waals surface area contributed by atoms with Crippen LogP contribution < -0.4 is 5.73 Å². The maximum atomic E-state index is 6.23. The lowest BCUT2D eigenvalue weighted by atomic mass is 9.84. The van der Waals surface area contributed by atoms with Crippen molar-refractivity contribution < 1.29 is 0 Å². The van der Waals surface area contributed by atoms with E-state index < -0.39 is 0 Å². The predicted octanol–water partition coefficient (Wildman–Crippen LogP) is 4.40. The van der Waals surface area contributed by atoms with Crippen LogP contribution in [0.1, 0.15) is 43.0 Å². The molecule has 1 aromatic heterocycles. The molecule has 1 nitrogen and oxygen atoms in total. The molecular formula is C11H17Cl2NS. The van der Waals surface area contributed by atoms with Crippen molar-refractivity contribution in [1.82, 2.24) is 0 Å². The van der Waals surface area contributed by atoms with Crippen molar-refractivity contribution in [3.05, 3.63) is 21.3 Å². The van der Waals surface area contributed by atoms with Gasteiger partial charge < -0.3 is 5.73 Å². The van der Waals surface area contributed by atoms with Gasteiger partial charge in [0.05, 0.1) is 4.34 Å². The highest BCUT2D eigenvalue weighted by atomic mass is 35.5. The lowest BCUT2D eigenvalue weighted by molar-refractivity contribution is 0.311. The highest BCUT2D eigenvalue weighted by molar-refractivity contribution is 7.16. The monoisotopic (exact) mass is 265 g/mol. The molecule has 86 valence electrons. The minimum atomic E-state index is 0. The average molecular weight is 266 g/mol. The third-order valence-corrected chi connectivity index (χ3v) is 4.41. The van der Waals surface area contributed by atoms with E-state index in [1.54, 1.807) is 11.3 Å². The molecule has 15 heavy (non-hydrogen) atoms. The Morgan fingerprint density at radius 2 is 1.93 bits per heavy atom. The van der Waals surface area contributed by atoms with Crippen LogP contribution in [0.25, 0.3) is 0 Å². The van der Waals surface area contributed by atoms with Gasteiger partial charge in [0.2, 0.25) is 0 Å². The van der Waals surface area contributed by atoms with Gasteiger partial charge in [-0.2, -0.15) is 0 Å². The molecule has 0 radical (unpaired) electrons. The number of halogens is 2. The molecule has 0 unspecified atom stereocenters. The van der Waals surface area contributed by atoms with Crippen molar-refractivity contribution in [2.24, 2.45) is 11.7 Å². The summed E-state index contributed by atoms with van der Waals surface area (Å²) in [6.45, 7) is 0. The third kappa shape index (κ3) is 3.35. The minimum absolute atomic E-state index is 0. The quantitative estimate of drug-likeness (QED) is 0.843. The van der Waals surface area contributed by atoms with Gasteiger partial charge in [-0.3, -0.25) is 0 Å². The lowest BCUT2D eigenvalue weighted by Gasteiger charge is -2.26.